The minimum absolute atomic E-state index is 1.18. The lowest BCUT2D eigenvalue weighted by molar-refractivity contribution is 0.758. The van der Waals surface area contributed by atoms with Gasteiger partial charge in [-0.2, -0.15) is 0 Å². The van der Waals surface area contributed by atoms with Crippen LogP contribution in [0.1, 0.15) is 57.9 Å². The molecule has 0 fully saturated rings. The minimum atomic E-state index is 1.18. The number of fused-ring (bicyclic) bond motifs is 3. The fourth-order valence-electron chi connectivity index (χ4n) is 3.92. The number of benzene rings is 2. The highest BCUT2D eigenvalue weighted by atomic mass is 14.2. The molecule has 0 atom stereocenters. The Hall–Kier alpha value is -2.34. The molecule has 0 heterocycles. The molecule has 2 aromatic carbocycles. The molecule has 26 heavy (non-hydrogen) atoms. The maximum atomic E-state index is 2.37. The molecule has 0 N–H and O–H groups in total. The van der Waals surface area contributed by atoms with Gasteiger partial charge in [-0.05, 0) is 71.2 Å². The summed E-state index contributed by atoms with van der Waals surface area (Å²) in [6, 6.07) is 15.5. The van der Waals surface area contributed by atoms with Crippen molar-refractivity contribution in [3.63, 3.8) is 0 Å². The zero-order chi connectivity index (χ0) is 18.2. The summed E-state index contributed by atoms with van der Waals surface area (Å²) in [5, 5.41) is 2.92. The quantitative estimate of drug-likeness (QED) is 0.539. The summed E-state index contributed by atoms with van der Waals surface area (Å²) in [5.74, 6) is 0. The van der Waals surface area contributed by atoms with E-state index >= 15 is 0 Å². The standard InChI is InChI=1S/C16H12.C8H12.C2H6/c1-2-8-13-12(7-1)14-9-3-5-11-6-4-10-15(13)16(11)14;1-2-4-6-8-7-5-3-1;1-2/h1-3,5-9H,4,10H2;1-4H,5-8H2;1-2H3/b;3-1-,4-2-;. The average Bonchev–Trinajstić information content (AvgIpc) is 3.00. The van der Waals surface area contributed by atoms with E-state index in [0.717, 1.165) is 0 Å². The highest BCUT2D eigenvalue weighted by molar-refractivity contribution is 5.90. The number of hydrogen-bond acceptors (Lipinski definition) is 0. The monoisotopic (exact) mass is 342 g/mol. The van der Waals surface area contributed by atoms with Gasteiger partial charge >= 0.3 is 0 Å². The fraction of sp³-hybridized carbons (Fsp3) is 0.308. The van der Waals surface area contributed by atoms with Crippen LogP contribution in [0.25, 0.3) is 22.8 Å². The molecule has 134 valence electrons. The van der Waals surface area contributed by atoms with Crippen molar-refractivity contribution in [2.24, 2.45) is 0 Å². The third-order valence-corrected chi connectivity index (χ3v) is 5.07. The maximum Gasteiger partial charge on any atom is -0.00700 e. The second-order valence-corrected chi connectivity index (χ2v) is 6.68. The Balaban J connectivity index is 0.000000167. The van der Waals surface area contributed by atoms with Crippen LogP contribution >= 0.6 is 0 Å². The Kier molecular flexibility index (Phi) is 6.66. The van der Waals surface area contributed by atoms with Crippen LogP contribution in [0.4, 0.5) is 0 Å². The SMILES string of the molecule is C1=C\CCCC\C=C/1.C1=c2cccc3c2=C(CC1)c1ccccc1-3.CC. The Labute approximate surface area is 158 Å². The Bertz CT molecular complexity index is 895. The predicted octanol–water partition coefficient (Wildman–Crippen LogP) is 6.14. The van der Waals surface area contributed by atoms with E-state index in [0.29, 0.717) is 0 Å². The van der Waals surface area contributed by atoms with Crippen molar-refractivity contribution in [2.75, 3.05) is 0 Å². The Morgan fingerprint density at radius 2 is 1.31 bits per heavy atom. The zero-order valence-corrected chi connectivity index (χ0v) is 16.2. The van der Waals surface area contributed by atoms with Gasteiger partial charge in [0.1, 0.15) is 0 Å². The van der Waals surface area contributed by atoms with Gasteiger partial charge in [-0.15, -0.1) is 0 Å². The zero-order valence-electron chi connectivity index (χ0n) is 16.2. The van der Waals surface area contributed by atoms with Crippen LogP contribution in [0, 0.1) is 0 Å². The first kappa shape index (κ1) is 18.5. The van der Waals surface area contributed by atoms with E-state index in [-0.39, 0.29) is 0 Å². The van der Waals surface area contributed by atoms with Gasteiger partial charge in [-0.1, -0.05) is 86.7 Å². The normalized spacial score (nSPS) is 18.3. The Morgan fingerprint density at radius 3 is 2.04 bits per heavy atom. The van der Waals surface area contributed by atoms with E-state index in [1.165, 1.54) is 65.7 Å². The summed E-state index contributed by atoms with van der Waals surface area (Å²) in [4.78, 5) is 0. The highest BCUT2D eigenvalue weighted by Crippen LogP contribution is 2.33. The molecular formula is C26H30. The fourth-order valence-corrected chi connectivity index (χ4v) is 3.92. The second-order valence-electron chi connectivity index (χ2n) is 6.68. The predicted molar refractivity (Wildman–Crippen MR) is 115 cm³/mol. The molecule has 0 unspecified atom stereocenters. The summed E-state index contributed by atoms with van der Waals surface area (Å²) in [6.45, 7) is 4.00. The molecule has 0 saturated heterocycles. The van der Waals surface area contributed by atoms with Crippen molar-refractivity contribution >= 4 is 11.6 Å². The minimum Gasteiger partial charge on any atom is -0.0845 e. The second kappa shape index (κ2) is 9.38. The van der Waals surface area contributed by atoms with Gasteiger partial charge in [-0.3, -0.25) is 0 Å². The third-order valence-electron chi connectivity index (χ3n) is 5.07. The van der Waals surface area contributed by atoms with Gasteiger partial charge in [0, 0.05) is 0 Å². The van der Waals surface area contributed by atoms with Gasteiger partial charge in [0.2, 0.25) is 0 Å². The maximum absolute atomic E-state index is 2.37. The van der Waals surface area contributed by atoms with Gasteiger partial charge in [0.05, 0.1) is 0 Å². The molecule has 0 saturated carbocycles. The first-order valence-corrected chi connectivity index (χ1v) is 10.2. The largest absolute Gasteiger partial charge is 0.0845 e. The molecule has 3 aliphatic rings. The number of rotatable bonds is 0. The van der Waals surface area contributed by atoms with Crippen molar-refractivity contribution in [3.05, 3.63) is 82.8 Å². The molecule has 3 aliphatic carbocycles. The summed E-state index contributed by atoms with van der Waals surface area (Å²) >= 11 is 0. The highest BCUT2D eigenvalue weighted by Gasteiger charge is 2.20. The van der Waals surface area contributed by atoms with Crippen LogP contribution < -0.4 is 10.4 Å². The van der Waals surface area contributed by atoms with Crippen molar-refractivity contribution in [3.8, 4) is 11.1 Å². The van der Waals surface area contributed by atoms with Gasteiger partial charge in [-0.25, -0.2) is 0 Å². The third kappa shape index (κ3) is 3.90. The van der Waals surface area contributed by atoms with Crippen molar-refractivity contribution in [1.29, 1.82) is 0 Å². The molecule has 0 nitrogen and oxygen atoms in total. The van der Waals surface area contributed by atoms with E-state index in [2.05, 4.69) is 72.8 Å². The molecule has 0 bridgehead atoms. The molecule has 2 aromatic rings. The summed E-state index contributed by atoms with van der Waals surface area (Å²) in [5.41, 5.74) is 5.87. The number of hydrogen-bond donors (Lipinski definition) is 0. The Morgan fingerprint density at radius 1 is 0.654 bits per heavy atom. The molecule has 0 heteroatoms. The summed E-state index contributed by atoms with van der Waals surface area (Å²) in [7, 11) is 0. The first-order chi connectivity index (χ1) is 12.9. The van der Waals surface area contributed by atoms with Crippen LogP contribution in [-0.4, -0.2) is 0 Å². The van der Waals surface area contributed by atoms with Crippen molar-refractivity contribution in [1.82, 2.24) is 0 Å². The number of allylic oxidation sites excluding steroid dienone is 4. The lowest BCUT2D eigenvalue weighted by Gasteiger charge is -2.06. The van der Waals surface area contributed by atoms with Gasteiger partial charge in [0.25, 0.3) is 0 Å². The average molecular weight is 343 g/mol. The molecule has 0 radical (unpaired) electrons. The van der Waals surface area contributed by atoms with Crippen LogP contribution in [-0.2, 0) is 0 Å². The molecular weight excluding hydrogens is 312 g/mol. The molecule has 0 spiro atoms. The summed E-state index contributed by atoms with van der Waals surface area (Å²) < 4.78 is 0. The first-order valence-electron chi connectivity index (χ1n) is 10.2. The van der Waals surface area contributed by atoms with E-state index in [9.17, 15) is 0 Å². The van der Waals surface area contributed by atoms with Crippen LogP contribution in [0.3, 0.4) is 0 Å². The van der Waals surface area contributed by atoms with E-state index in [1.807, 2.05) is 13.8 Å². The van der Waals surface area contributed by atoms with Gasteiger partial charge < -0.3 is 0 Å². The lowest BCUT2D eigenvalue weighted by atomic mass is 9.98. The lowest BCUT2D eigenvalue weighted by Crippen LogP contribution is -2.28. The van der Waals surface area contributed by atoms with Crippen LogP contribution in [0.5, 0.6) is 0 Å². The molecule has 5 rings (SSSR count). The summed E-state index contributed by atoms with van der Waals surface area (Å²) in [6.07, 6.45) is 18.7. The van der Waals surface area contributed by atoms with E-state index in [1.54, 1.807) is 5.57 Å². The van der Waals surface area contributed by atoms with Gasteiger partial charge in [0.15, 0.2) is 0 Å². The van der Waals surface area contributed by atoms with Crippen molar-refractivity contribution in [2.45, 2.75) is 52.4 Å². The van der Waals surface area contributed by atoms with Crippen LogP contribution in [0.15, 0.2) is 66.8 Å². The topological polar surface area (TPSA) is 0 Å². The van der Waals surface area contributed by atoms with E-state index < -0.39 is 0 Å². The molecule has 0 aromatic heterocycles. The smallest absolute Gasteiger partial charge is 0.00700 e. The molecule has 0 aliphatic heterocycles. The molecule has 0 amide bonds. The van der Waals surface area contributed by atoms with Crippen molar-refractivity contribution < 1.29 is 0 Å². The van der Waals surface area contributed by atoms with E-state index in [4.69, 9.17) is 0 Å². The van der Waals surface area contributed by atoms with Crippen LogP contribution in [0.2, 0.25) is 0 Å².